The molecule has 3 aliphatic heterocycles. The van der Waals surface area contributed by atoms with Gasteiger partial charge in [0.15, 0.2) is 0 Å². The van der Waals surface area contributed by atoms with Crippen molar-refractivity contribution in [2.24, 2.45) is 0 Å². The minimum absolute atomic E-state index is 0.0298. The lowest BCUT2D eigenvalue weighted by molar-refractivity contribution is -0.136. The molecule has 0 radical (unpaired) electrons. The third-order valence-electron chi connectivity index (χ3n) is 12.5. The number of imide groups is 2. The van der Waals surface area contributed by atoms with E-state index in [0.717, 1.165) is 16.5 Å². The van der Waals surface area contributed by atoms with Gasteiger partial charge in [0.25, 0.3) is 27.7 Å². The van der Waals surface area contributed by atoms with Crippen molar-refractivity contribution in [2.75, 3.05) is 88.4 Å². The molecule has 75 heavy (non-hydrogen) atoms. The number of aryl methyl sites for hydroxylation is 1. The number of benzene rings is 4. The summed E-state index contributed by atoms with van der Waals surface area (Å²) in [5.41, 5.74) is 11.1. The summed E-state index contributed by atoms with van der Waals surface area (Å²) < 4.78 is 72.6. The highest BCUT2D eigenvalue weighted by molar-refractivity contribution is 7.92. The molecule has 6 amide bonds. The van der Waals surface area contributed by atoms with E-state index in [1.54, 1.807) is 48.5 Å². The van der Waals surface area contributed by atoms with Gasteiger partial charge in [-0.3, -0.25) is 43.7 Å². The second-order valence-corrected chi connectivity index (χ2v) is 19.3. The van der Waals surface area contributed by atoms with Crippen LogP contribution in [0, 0.1) is 5.82 Å². The number of rotatable bonds is 26. The van der Waals surface area contributed by atoms with Crippen molar-refractivity contribution in [1.29, 1.82) is 0 Å². The number of carbonyl (C=O) groups is 6. The number of halogens is 1. The van der Waals surface area contributed by atoms with Gasteiger partial charge in [-0.1, -0.05) is 36.4 Å². The molecule has 1 atom stereocenters. The van der Waals surface area contributed by atoms with Gasteiger partial charge in [0.2, 0.25) is 17.7 Å². The minimum atomic E-state index is -4.25. The average molecular weight is 1050 g/mol. The van der Waals surface area contributed by atoms with Crippen LogP contribution < -0.4 is 26.4 Å². The van der Waals surface area contributed by atoms with Crippen molar-refractivity contribution in [3.8, 4) is 22.3 Å². The lowest BCUT2D eigenvalue weighted by Gasteiger charge is -2.27. The van der Waals surface area contributed by atoms with Crippen molar-refractivity contribution in [1.82, 2.24) is 20.5 Å². The van der Waals surface area contributed by atoms with Crippen LogP contribution in [0.2, 0.25) is 0 Å². The molecular formula is C53H56FN7O13S. The maximum Gasteiger partial charge on any atom is 0.262 e. The second-order valence-electron chi connectivity index (χ2n) is 17.6. The fourth-order valence-electron chi connectivity index (χ4n) is 8.75. The number of carbonyl (C=O) groups excluding carboxylic acids is 6. The van der Waals surface area contributed by atoms with Crippen LogP contribution in [0.15, 0.2) is 96.0 Å². The van der Waals surface area contributed by atoms with E-state index < -0.39 is 45.5 Å². The molecular weight excluding hydrogens is 994 g/mol. The molecule has 1 saturated heterocycles. The Morgan fingerprint density at radius 1 is 0.720 bits per heavy atom. The van der Waals surface area contributed by atoms with Crippen molar-refractivity contribution in [2.45, 2.75) is 49.5 Å². The number of amides is 6. The van der Waals surface area contributed by atoms with Crippen LogP contribution in [0.3, 0.4) is 0 Å². The first-order valence-corrected chi connectivity index (χ1v) is 25.9. The molecule has 1 fully saturated rings. The highest BCUT2D eigenvalue weighted by Crippen LogP contribution is 2.34. The number of aromatic nitrogens is 1. The van der Waals surface area contributed by atoms with Gasteiger partial charge in [0.05, 0.1) is 87.6 Å². The summed E-state index contributed by atoms with van der Waals surface area (Å²) in [6.45, 7) is 3.67. The highest BCUT2D eigenvalue weighted by Gasteiger charge is 2.45. The molecule has 0 aliphatic carbocycles. The SMILES string of the molecule is Nc1ncc(-c2ccc(S(=O)(=O)Nc3cccc(NC(=O)CCOCCOCCOCCOCCOCCCc4cccc5c4C(=O)N(C4CCC(=O)NC4=O)C5=O)c3)cc2F)cc1-c1ccc2c(c1)CCNC2=O. The first-order valence-electron chi connectivity index (χ1n) is 24.4. The number of nitrogen functional groups attached to an aromatic ring is 1. The summed E-state index contributed by atoms with van der Waals surface area (Å²) in [5.74, 6) is -3.23. The minimum Gasteiger partial charge on any atom is -0.383 e. The normalized spacial score (nSPS) is 15.3. The second kappa shape index (κ2) is 25.2. The summed E-state index contributed by atoms with van der Waals surface area (Å²) in [5, 5.41) is 7.73. The summed E-state index contributed by atoms with van der Waals surface area (Å²) >= 11 is 0. The summed E-state index contributed by atoms with van der Waals surface area (Å²) in [6, 6.07) is 20.7. The molecule has 4 aromatic carbocycles. The molecule has 4 heterocycles. The lowest BCUT2D eigenvalue weighted by atomic mass is 9.94. The quantitative estimate of drug-likeness (QED) is 0.0372. The highest BCUT2D eigenvalue weighted by atomic mass is 32.2. The Morgan fingerprint density at radius 2 is 1.40 bits per heavy atom. The topological polar surface area (TPSA) is 273 Å². The van der Waals surface area contributed by atoms with Crippen LogP contribution in [-0.2, 0) is 60.9 Å². The van der Waals surface area contributed by atoms with Gasteiger partial charge in [-0.25, -0.2) is 17.8 Å². The molecule has 1 unspecified atom stereocenters. The van der Waals surface area contributed by atoms with E-state index in [2.05, 4.69) is 25.7 Å². The van der Waals surface area contributed by atoms with E-state index >= 15 is 4.39 Å². The van der Waals surface area contributed by atoms with Crippen molar-refractivity contribution in [3.63, 3.8) is 0 Å². The zero-order chi connectivity index (χ0) is 52.9. The molecule has 394 valence electrons. The number of ether oxygens (including phenoxy) is 5. The first-order chi connectivity index (χ1) is 36.3. The van der Waals surface area contributed by atoms with Crippen LogP contribution in [0.4, 0.5) is 21.6 Å². The Bertz CT molecular complexity index is 3080. The Morgan fingerprint density at radius 3 is 2.12 bits per heavy atom. The summed E-state index contributed by atoms with van der Waals surface area (Å²) in [4.78, 5) is 80.0. The van der Waals surface area contributed by atoms with Gasteiger partial charge in [-0.2, -0.15) is 0 Å². The van der Waals surface area contributed by atoms with Gasteiger partial charge in [0.1, 0.15) is 17.7 Å². The van der Waals surface area contributed by atoms with Gasteiger partial charge in [0, 0.05) is 53.7 Å². The van der Waals surface area contributed by atoms with Crippen LogP contribution in [0.25, 0.3) is 22.3 Å². The number of nitrogens with zero attached hydrogens (tertiary/aromatic N) is 2. The van der Waals surface area contributed by atoms with Gasteiger partial charge < -0.3 is 40.1 Å². The van der Waals surface area contributed by atoms with Gasteiger partial charge in [-0.15, -0.1) is 0 Å². The van der Waals surface area contributed by atoms with E-state index in [1.165, 1.54) is 30.5 Å². The van der Waals surface area contributed by atoms with Crippen molar-refractivity contribution in [3.05, 3.63) is 125 Å². The monoisotopic (exact) mass is 1050 g/mol. The molecule has 22 heteroatoms. The molecule has 0 spiro atoms. The van der Waals surface area contributed by atoms with Crippen molar-refractivity contribution < 1.29 is 65.3 Å². The predicted octanol–water partition coefficient (Wildman–Crippen LogP) is 4.67. The van der Waals surface area contributed by atoms with Gasteiger partial charge >= 0.3 is 0 Å². The van der Waals surface area contributed by atoms with Crippen LogP contribution in [0.5, 0.6) is 0 Å². The zero-order valence-electron chi connectivity index (χ0n) is 40.8. The number of pyridine rings is 1. The number of piperidine rings is 1. The van der Waals surface area contributed by atoms with E-state index in [4.69, 9.17) is 29.4 Å². The maximum atomic E-state index is 15.6. The average Bonchev–Trinajstić information content (AvgIpc) is 3.64. The maximum absolute atomic E-state index is 15.6. The van der Waals surface area contributed by atoms with Crippen LogP contribution >= 0.6 is 0 Å². The fraction of sp³-hybridized carbons (Fsp3) is 0.340. The largest absolute Gasteiger partial charge is 0.383 e. The summed E-state index contributed by atoms with van der Waals surface area (Å²) in [6.07, 6.45) is 3.32. The first kappa shape index (κ1) is 53.8. The smallest absolute Gasteiger partial charge is 0.262 e. The number of fused-ring (bicyclic) bond motifs is 2. The van der Waals surface area contributed by atoms with E-state index in [-0.39, 0.29) is 78.4 Å². The van der Waals surface area contributed by atoms with Crippen LogP contribution in [-0.4, -0.2) is 132 Å². The Kier molecular flexibility index (Phi) is 18.1. The van der Waals surface area contributed by atoms with E-state index in [1.807, 2.05) is 6.07 Å². The number of nitrogens with two attached hydrogens (primary N) is 1. The number of hydrogen-bond acceptors (Lipinski definition) is 15. The molecule has 0 bridgehead atoms. The van der Waals surface area contributed by atoms with Gasteiger partial charge in [-0.05, 0) is 90.9 Å². The number of sulfonamides is 1. The Hall–Kier alpha value is -7.47. The third-order valence-corrected chi connectivity index (χ3v) is 13.8. The molecule has 1 aromatic heterocycles. The molecule has 6 N–H and O–H groups in total. The third kappa shape index (κ3) is 13.6. The van der Waals surface area contributed by atoms with Crippen molar-refractivity contribution >= 4 is 62.7 Å². The molecule has 8 rings (SSSR count). The molecule has 3 aliphatic rings. The number of anilines is 3. The Balaban J connectivity index is 0.653. The Labute approximate surface area is 431 Å². The van der Waals surface area contributed by atoms with E-state index in [0.29, 0.717) is 111 Å². The lowest BCUT2D eigenvalue weighted by Crippen LogP contribution is -2.54. The standard InChI is InChI=1S/C53H56FN7O13S/c54-44-31-39(10-12-40(44)36-29-43(49(55)57-32-36)34-9-11-41-35(28-34)15-17-56-50(41)64)75(68,69)60-38-7-2-6-37(30-38)58-47(63)16-19-71-21-23-73-25-27-74-26-24-72-22-20-70-18-3-5-33-4-1-8-42-48(33)53(67)61(52(42)66)45-13-14-46(62)59-51(45)65/h1-2,4,6-12,28-32,45,60H,3,5,13-27H2,(H2,55,57)(H,56,64)(H,58,63)(H,59,62,65). The molecule has 20 nitrogen and oxygen atoms in total. The van der Waals surface area contributed by atoms with Crippen LogP contribution in [0.1, 0.15) is 67.9 Å². The molecule has 5 aromatic rings. The summed E-state index contributed by atoms with van der Waals surface area (Å²) in [7, 11) is -4.25. The predicted molar refractivity (Wildman–Crippen MR) is 272 cm³/mol. The number of nitrogens with one attached hydrogen (secondary N) is 4. The zero-order valence-corrected chi connectivity index (χ0v) is 41.6. The fourth-order valence-corrected chi connectivity index (χ4v) is 9.81. The number of hydrogen-bond donors (Lipinski definition) is 5. The van der Waals surface area contributed by atoms with E-state index in [9.17, 15) is 37.2 Å². The molecule has 0 saturated carbocycles.